The highest BCUT2D eigenvalue weighted by atomic mass is 16.2. The molecule has 1 rings (SSSR count). The first-order chi connectivity index (χ1) is 11.9. The van der Waals surface area contributed by atoms with Gasteiger partial charge in [-0.05, 0) is 30.5 Å². The van der Waals surface area contributed by atoms with Crippen LogP contribution >= 0.6 is 0 Å². The van der Waals surface area contributed by atoms with Crippen molar-refractivity contribution in [2.24, 2.45) is 5.41 Å². The number of benzene rings is 1. The SMILES string of the molecule is CCCCCCCCCCCCc1ccc(NC(=O)C(C)(C)C)cc1. The number of nitrogens with one attached hydrogen (secondary N) is 1. The third-order valence-corrected chi connectivity index (χ3v) is 4.71. The van der Waals surface area contributed by atoms with Crippen molar-refractivity contribution in [2.45, 2.75) is 98.3 Å². The summed E-state index contributed by atoms with van der Waals surface area (Å²) in [6.07, 6.45) is 14.9. The first-order valence-corrected chi connectivity index (χ1v) is 10.3. The largest absolute Gasteiger partial charge is 0.326 e. The molecule has 1 aromatic rings. The zero-order valence-electron chi connectivity index (χ0n) is 17.0. The molecule has 1 N–H and O–H groups in total. The molecule has 0 saturated carbocycles. The number of hydrogen-bond acceptors (Lipinski definition) is 1. The molecule has 0 aromatic heterocycles. The number of carbonyl (C=O) groups excluding carboxylic acids is 1. The second kappa shape index (κ2) is 12.1. The Morgan fingerprint density at radius 3 is 1.76 bits per heavy atom. The first kappa shape index (κ1) is 21.7. The Morgan fingerprint density at radius 1 is 0.800 bits per heavy atom. The lowest BCUT2D eigenvalue weighted by Crippen LogP contribution is -2.27. The van der Waals surface area contributed by atoms with Gasteiger partial charge in [-0.1, -0.05) is 97.6 Å². The van der Waals surface area contributed by atoms with Crippen LogP contribution in [0.25, 0.3) is 0 Å². The van der Waals surface area contributed by atoms with E-state index in [9.17, 15) is 4.79 Å². The molecule has 0 radical (unpaired) electrons. The van der Waals surface area contributed by atoms with Gasteiger partial charge in [0, 0.05) is 11.1 Å². The fourth-order valence-electron chi connectivity index (χ4n) is 2.89. The predicted octanol–water partition coefficient (Wildman–Crippen LogP) is 7.13. The molecule has 0 fully saturated rings. The van der Waals surface area contributed by atoms with Crippen molar-refractivity contribution in [1.29, 1.82) is 0 Å². The van der Waals surface area contributed by atoms with Crippen LogP contribution in [-0.4, -0.2) is 5.91 Å². The molecule has 0 aliphatic heterocycles. The van der Waals surface area contributed by atoms with Crippen LogP contribution in [0.5, 0.6) is 0 Å². The van der Waals surface area contributed by atoms with E-state index < -0.39 is 0 Å². The molecule has 0 aliphatic rings. The molecule has 0 unspecified atom stereocenters. The summed E-state index contributed by atoms with van der Waals surface area (Å²) in [4.78, 5) is 12.0. The van der Waals surface area contributed by atoms with Gasteiger partial charge in [-0.15, -0.1) is 0 Å². The van der Waals surface area contributed by atoms with Crippen molar-refractivity contribution in [3.8, 4) is 0 Å². The number of aryl methyl sites for hydroxylation is 1. The van der Waals surface area contributed by atoms with E-state index in [1.165, 1.54) is 69.8 Å². The van der Waals surface area contributed by atoms with E-state index in [1.807, 2.05) is 32.9 Å². The number of rotatable bonds is 12. The summed E-state index contributed by atoms with van der Waals surface area (Å²) in [5, 5.41) is 2.98. The maximum absolute atomic E-state index is 12.0. The van der Waals surface area contributed by atoms with Crippen molar-refractivity contribution < 1.29 is 4.79 Å². The molecular weight excluding hydrogens is 306 g/mol. The second-order valence-corrected chi connectivity index (χ2v) is 8.33. The van der Waals surface area contributed by atoms with Gasteiger partial charge in [0.25, 0.3) is 0 Å². The van der Waals surface area contributed by atoms with Gasteiger partial charge in [0.15, 0.2) is 0 Å². The first-order valence-electron chi connectivity index (χ1n) is 10.3. The minimum atomic E-state index is -0.353. The Bertz CT molecular complexity index is 470. The van der Waals surface area contributed by atoms with Crippen LogP contribution in [0.2, 0.25) is 0 Å². The lowest BCUT2D eigenvalue weighted by molar-refractivity contribution is -0.123. The molecular formula is C23H39NO. The fraction of sp³-hybridized carbons (Fsp3) is 0.696. The van der Waals surface area contributed by atoms with Crippen LogP contribution in [0.4, 0.5) is 5.69 Å². The number of unbranched alkanes of at least 4 members (excludes halogenated alkanes) is 9. The molecule has 1 aromatic carbocycles. The van der Waals surface area contributed by atoms with Gasteiger partial charge in [0.05, 0.1) is 0 Å². The maximum Gasteiger partial charge on any atom is 0.229 e. The Balaban J connectivity index is 2.11. The van der Waals surface area contributed by atoms with Crippen molar-refractivity contribution in [1.82, 2.24) is 0 Å². The van der Waals surface area contributed by atoms with Crippen LogP contribution in [0.3, 0.4) is 0 Å². The Hall–Kier alpha value is -1.31. The molecule has 142 valence electrons. The van der Waals surface area contributed by atoms with E-state index in [-0.39, 0.29) is 11.3 Å². The topological polar surface area (TPSA) is 29.1 Å². The second-order valence-electron chi connectivity index (χ2n) is 8.33. The molecule has 0 bridgehead atoms. The number of carbonyl (C=O) groups is 1. The molecule has 2 heteroatoms. The van der Waals surface area contributed by atoms with Gasteiger partial charge in [0.1, 0.15) is 0 Å². The van der Waals surface area contributed by atoms with Crippen LogP contribution in [0.15, 0.2) is 24.3 Å². The summed E-state index contributed by atoms with van der Waals surface area (Å²) in [5.41, 5.74) is 1.91. The molecule has 0 aliphatic carbocycles. The normalized spacial score (nSPS) is 11.5. The molecule has 0 spiro atoms. The highest BCUT2D eigenvalue weighted by molar-refractivity contribution is 5.94. The minimum absolute atomic E-state index is 0.0648. The van der Waals surface area contributed by atoms with Crippen LogP contribution in [-0.2, 0) is 11.2 Å². The van der Waals surface area contributed by atoms with Crippen molar-refractivity contribution in [3.05, 3.63) is 29.8 Å². The number of amides is 1. The summed E-state index contributed by atoms with van der Waals surface area (Å²) in [7, 11) is 0. The average molecular weight is 346 g/mol. The molecule has 25 heavy (non-hydrogen) atoms. The van der Waals surface area contributed by atoms with Crippen LogP contribution < -0.4 is 5.32 Å². The van der Waals surface area contributed by atoms with Gasteiger partial charge < -0.3 is 5.32 Å². The van der Waals surface area contributed by atoms with Crippen molar-refractivity contribution in [3.63, 3.8) is 0 Å². The van der Waals surface area contributed by atoms with E-state index in [1.54, 1.807) is 0 Å². The molecule has 2 nitrogen and oxygen atoms in total. The van der Waals surface area contributed by atoms with E-state index in [0.717, 1.165) is 12.1 Å². The van der Waals surface area contributed by atoms with Crippen molar-refractivity contribution in [2.75, 3.05) is 5.32 Å². The zero-order valence-corrected chi connectivity index (χ0v) is 17.0. The third kappa shape index (κ3) is 10.3. The maximum atomic E-state index is 12.0. The highest BCUT2D eigenvalue weighted by Gasteiger charge is 2.20. The van der Waals surface area contributed by atoms with E-state index in [4.69, 9.17) is 0 Å². The van der Waals surface area contributed by atoms with Gasteiger partial charge in [-0.2, -0.15) is 0 Å². The van der Waals surface area contributed by atoms with Crippen LogP contribution in [0.1, 0.15) is 97.5 Å². The van der Waals surface area contributed by atoms with Gasteiger partial charge in [-0.25, -0.2) is 0 Å². The number of anilines is 1. The Kier molecular flexibility index (Phi) is 10.5. The molecule has 1 amide bonds. The van der Waals surface area contributed by atoms with E-state index in [0.29, 0.717) is 0 Å². The lowest BCUT2D eigenvalue weighted by atomic mass is 9.95. The van der Waals surface area contributed by atoms with Gasteiger partial charge in [0.2, 0.25) is 5.91 Å². The minimum Gasteiger partial charge on any atom is -0.326 e. The quantitative estimate of drug-likeness (QED) is 0.401. The van der Waals surface area contributed by atoms with E-state index in [2.05, 4.69) is 24.4 Å². The summed E-state index contributed by atoms with van der Waals surface area (Å²) in [6.45, 7) is 8.07. The summed E-state index contributed by atoms with van der Waals surface area (Å²) in [6, 6.07) is 8.34. The highest BCUT2D eigenvalue weighted by Crippen LogP contribution is 2.18. The summed E-state index contributed by atoms with van der Waals surface area (Å²) < 4.78 is 0. The Labute approximate surface area is 155 Å². The Morgan fingerprint density at radius 2 is 1.28 bits per heavy atom. The average Bonchev–Trinajstić information content (AvgIpc) is 2.57. The zero-order chi connectivity index (χ0) is 18.5. The van der Waals surface area contributed by atoms with Crippen molar-refractivity contribution >= 4 is 11.6 Å². The standard InChI is InChI=1S/C23H39NO/c1-5-6-7-8-9-10-11-12-13-14-15-20-16-18-21(19-17-20)24-22(25)23(2,3)4/h16-19H,5-15H2,1-4H3,(H,24,25). The summed E-state index contributed by atoms with van der Waals surface area (Å²) in [5.74, 6) is 0.0648. The lowest BCUT2D eigenvalue weighted by Gasteiger charge is -2.17. The predicted molar refractivity (Wildman–Crippen MR) is 110 cm³/mol. The van der Waals surface area contributed by atoms with Gasteiger partial charge >= 0.3 is 0 Å². The monoisotopic (exact) mass is 345 g/mol. The summed E-state index contributed by atoms with van der Waals surface area (Å²) >= 11 is 0. The molecule has 0 atom stereocenters. The van der Waals surface area contributed by atoms with Crippen LogP contribution in [0, 0.1) is 5.41 Å². The number of hydrogen-bond donors (Lipinski definition) is 1. The molecule has 0 saturated heterocycles. The van der Waals surface area contributed by atoms with E-state index >= 15 is 0 Å². The third-order valence-electron chi connectivity index (χ3n) is 4.71. The molecule has 0 heterocycles. The van der Waals surface area contributed by atoms with Gasteiger partial charge in [-0.3, -0.25) is 4.79 Å². The fourth-order valence-corrected chi connectivity index (χ4v) is 2.89. The smallest absolute Gasteiger partial charge is 0.229 e.